The second kappa shape index (κ2) is 13.0. The molecular formula is C28H43NO4Sn. The van der Waals surface area contributed by atoms with Crippen LogP contribution in [0.4, 0.5) is 0 Å². The first kappa shape index (κ1) is 27.1. The molecule has 1 amide bonds. The number of amides is 1. The van der Waals surface area contributed by atoms with Gasteiger partial charge in [-0.25, -0.2) is 0 Å². The van der Waals surface area contributed by atoms with Gasteiger partial charge >= 0.3 is 211 Å². The Kier molecular flexibility index (Phi) is 10.3. The summed E-state index contributed by atoms with van der Waals surface area (Å²) in [5.74, 6) is 0.632. The number of carbonyl (C=O) groups is 2. The van der Waals surface area contributed by atoms with E-state index >= 15 is 0 Å². The van der Waals surface area contributed by atoms with Crippen molar-refractivity contribution in [3.63, 3.8) is 0 Å². The molecule has 0 aromatic heterocycles. The Morgan fingerprint density at radius 2 is 1.62 bits per heavy atom. The summed E-state index contributed by atoms with van der Waals surface area (Å²) in [6.07, 6.45) is 7.38. The quantitative estimate of drug-likeness (QED) is 0.152. The molecule has 0 N–H and O–H groups in total. The van der Waals surface area contributed by atoms with Crippen LogP contribution in [0.25, 0.3) is 0 Å². The minimum absolute atomic E-state index is 0.0386. The third-order valence-electron chi connectivity index (χ3n) is 7.58. The number of esters is 1. The van der Waals surface area contributed by atoms with Crippen LogP contribution >= 0.6 is 0 Å². The van der Waals surface area contributed by atoms with Crippen LogP contribution in [0.2, 0.25) is 13.3 Å². The molecule has 6 heteroatoms. The van der Waals surface area contributed by atoms with Crippen LogP contribution in [-0.4, -0.2) is 61.0 Å². The summed E-state index contributed by atoms with van der Waals surface area (Å²) in [6.45, 7) is 7.47. The van der Waals surface area contributed by atoms with Crippen LogP contribution in [0.5, 0.6) is 5.75 Å². The zero-order chi connectivity index (χ0) is 24.6. The van der Waals surface area contributed by atoms with Crippen molar-refractivity contribution in [2.45, 2.75) is 91.2 Å². The molecule has 2 aliphatic rings. The molecule has 3 atom stereocenters. The Balaban J connectivity index is 1.98. The van der Waals surface area contributed by atoms with Gasteiger partial charge in [0.05, 0.1) is 0 Å². The van der Waals surface area contributed by atoms with E-state index in [0.29, 0.717) is 13.0 Å². The second-order valence-electron chi connectivity index (χ2n) is 10.1. The molecule has 2 fully saturated rings. The average Bonchev–Trinajstić information content (AvgIpc) is 3.17. The first-order valence-corrected chi connectivity index (χ1v) is 21.0. The van der Waals surface area contributed by atoms with Crippen LogP contribution in [0.15, 0.2) is 40.0 Å². The van der Waals surface area contributed by atoms with Gasteiger partial charge in [-0.1, -0.05) is 0 Å². The molecule has 0 aliphatic carbocycles. The number of hydrogen-bond acceptors (Lipinski definition) is 4. The van der Waals surface area contributed by atoms with Gasteiger partial charge in [0, 0.05) is 0 Å². The van der Waals surface area contributed by atoms with Crippen LogP contribution in [0.1, 0.15) is 65.7 Å². The molecule has 5 nitrogen and oxygen atoms in total. The van der Waals surface area contributed by atoms with Crippen LogP contribution in [0, 0.1) is 5.92 Å². The van der Waals surface area contributed by atoms with Gasteiger partial charge in [0.15, 0.2) is 0 Å². The van der Waals surface area contributed by atoms with E-state index in [2.05, 4.69) is 24.9 Å². The third kappa shape index (κ3) is 6.38. The second-order valence-corrected chi connectivity index (χ2v) is 23.0. The topological polar surface area (TPSA) is 55.8 Å². The number of methoxy groups -OCH3 is 1. The van der Waals surface area contributed by atoms with Crippen LogP contribution in [-0.2, 0) is 14.3 Å². The summed E-state index contributed by atoms with van der Waals surface area (Å²) in [5, 5.41) is 0. The fourth-order valence-corrected chi connectivity index (χ4v) is 21.2. The molecular weight excluding hydrogens is 533 g/mol. The van der Waals surface area contributed by atoms with Crippen molar-refractivity contribution >= 4 is 30.3 Å². The van der Waals surface area contributed by atoms with Gasteiger partial charge in [-0.3, -0.25) is 0 Å². The Bertz CT molecular complexity index is 818. The van der Waals surface area contributed by atoms with E-state index in [1.165, 1.54) is 64.5 Å². The Hall–Kier alpha value is -1.50. The molecule has 188 valence electrons. The zero-order valence-corrected chi connectivity index (χ0v) is 24.4. The molecule has 0 spiro atoms. The fraction of sp³-hybridized carbons (Fsp3) is 0.643. The van der Waals surface area contributed by atoms with E-state index in [9.17, 15) is 9.59 Å². The number of rotatable bonds is 14. The summed E-state index contributed by atoms with van der Waals surface area (Å²) in [7, 11) is 1.45. The molecule has 34 heavy (non-hydrogen) atoms. The van der Waals surface area contributed by atoms with Gasteiger partial charge in [0.1, 0.15) is 0 Å². The standard InChI is InChI=1S/C16H16NO4.3C4H9.Sn/c1-10-11(8-13(18)20-2)9-17-14(10)15(16(17)19)21-12-6-4-3-5-7-12;3*1-3-4-2;/h1,3-7,11,14-15H,8-9H2,2H3;3*1,3-4H2,2H3;/t11-,14-,15+;;;;/m1..../s1. The number of hydrogen-bond donors (Lipinski definition) is 0. The van der Waals surface area contributed by atoms with Crippen molar-refractivity contribution in [3.05, 3.63) is 40.0 Å². The molecule has 1 aromatic carbocycles. The molecule has 2 heterocycles. The van der Waals surface area contributed by atoms with Gasteiger partial charge in [0.25, 0.3) is 0 Å². The Morgan fingerprint density at radius 3 is 2.15 bits per heavy atom. The van der Waals surface area contributed by atoms with Crippen LogP contribution < -0.4 is 4.74 Å². The number of benzene rings is 1. The predicted molar refractivity (Wildman–Crippen MR) is 139 cm³/mol. The molecule has 0 radical (unpaired) electrons. The van der Waals surface area contributed by atoms with Crippen molar-refractivity contribution in [1.29, 1.82) is 0 Å². The number of ether oxygens (including phenoxy) is 2. The SMILES string of the molecule is CCC[CH2][Sn](/[CH]=C1/[C@H](CC(=O)OC)CN2C(=O)[C@@H](Oc3ccccc3)[C@@H]12)([CH2]CCC)[CH2]CCC. The van der Waals surface area contributed by atoms with E-state index in [-0.39, 0.29) is 23.8 Å². The average molecular weight is 576 g/mol. The van der Waals surface area contributed by atoms with Crippen molar-refractivity contribution in [1.82, 2.24) is 4.90 Å². The molecule has 3 rings (SSSR count). The van der Waals surface area contributed by atoms with E-state index < -0.39 is 24.5 Å². The number of β-lactam (4-membered cyclic amide) rings is 1. The summed E-state index contributed by atoms with van der Waals surface area (Å²) < 4.78 is 18.1. The van der Waals surface area contributed by atoms with E-state index in [1.807, 2.05) is 35.2 Å². The van der Waals surface area contributed by atoms with E-state index in [1.54, 1.807) is 0 Å². The van der Waals surface area contributed by atoms with E-state index in [0.717, 1.165) is 5.75 Å². The van der Waals surface area contributed by atoms with Crippen molar-refractivity contribution in [2.75, 3.05) is 13.7 Å². The third-order valence-corrected chi connectivity index (χ3v) is 21.8. The first-order valence-electron chi connectivity index (χ1n) is 13.3. The van der Waals surface area contributed by atoms with Gasteiger partial charge in [-0.05, 0) is 0 Å². The van der Waals surface area contributed by atoms with Crippen molar-refractivity contribution < 1.29 is 19.1 Å². The normalized spacial score (nSPS) is 23.1. The van der Waals surface area contributed by atoms with E-state index in [4.69, 9.17) is 9.47 Å². The number of carbonyl (C=O) groups excluding carboxylic acids is 2. The molecule has 0 saturated carbocycles. The molecule has 0 unspecified atom stereocenters. The minimum atomic E-state index is -2.65. The van der Waals surface area contributed by atoms with Crippen LogP contribution in [0.3, 0.4) is 0 Å². The Labute approximate surface area is 210 Å². The fourth-order valence-electron chi connectivity index (χ4n) is 5.62. The maximum atomic E-state index is 13.1. The van der Waals surface area contributed by atoms with Gasteiger partial charge in [0.2, 0.25) is 0 Å². The summed E-state index contributed by atoms with van der Waals surface area (Å²) in [4.78, 5) is 27.3. The number of nitrogens with zero attached hydrogens (tertiary/aromatic N) is 1. The number of fused-ring (bicyclic) bond motifs is 1. The van der Waals surface area contributed by atoms with Gasteiger partial charge < -0.3 is 0 Å². The predicted octanol–water partition coefficient (Wildman–Crippen LogP) is 6.15. The molecule has 2 aliphatic heterocycles. The van der Waals surface area contributed by atoms with Crippen molar-refractivity contribution in [2.24, 2.45) is 5.92 Å². The zero-order valence-electron chi connectivity index (χ0n) is 21.6. The molecule has 2 saturated heterocycles. The molecule has 0 bridgehead atoms. The van der Waals surface area contributed by atoms with Gasteiger partial charge in [-0.15, -0.1) is 0 Å². The van der Waals surface area contributed by atoms with Gasteiger partial charge in [-0.2, -0.15) is 0 Å². The maximum absolute atomic E-state index is 13.1. The monoisotopic (exact) mass is 577 g/mol. The first-order chi connectivity index (χ1) is 16.5. The summed E-state index contributed by atoms with van der Waals surface area (Å²) in [5.41, 5.74) is 1.31. The van der Waals surface area contributed by atoms with Crippen molar-refractivity contribution in [3.8, 4) is 5.75 Å². The summed E-state index contributed by atoms with van der Waals surface area (Å²) in [6, 6.07) is 9.60. The number of unbranched alkanes of at least 4 members (excludes halogenated alkanes) is 3. The summed E-state index contributed by atoms with van der Waals surface area (Å²) >= 11 is -2.65. The molecule has 1 aromatic rings. The Morgan fingerprint density at radius 1 is 1.03 bits per heavy atom. The number of para-hydroxylation sites is 1.